The zero-order valence-corrected chi connectivity index (χ0v) is 23.8. The number of benzene rings is 2. The summed E-state index contributed by atoms with van der Waals surface area (Å²) in [4.78, 5) is 30.7. The molecule has 0 bridgehead atoms. The number of likely N-dealkylation sites (tertiary alicyclic amines) is 1. The van der Waals surface area contributed by atoms with Crippen molar-refractivity contribution in [2.24, 2.45) is 0 Å². The van der Waals surface area contributed by atoms with Crippen LogP contribution in [-0.4, -0.2) is 58.7 Å². The van der Waals surface area contributed by atoms with Gasteiger partial charge in [-0.15, -0.1) is 11.8 Å². The van der Waals surface area contributed by atoms with E-state index in [0.717, 1.165) is 42.8 Å². The largest absolute Gasteiger partial charge is 0.454 e. The molecule has 6 rings (SSSR count). The Hall–Kier alpha value is -3.17. The number of amides is 2. The van der Waals surface area contributed by atoms with Gasteiger partial charge in [-0.3, -0.25) is 14.5 Å². The molecule has 0 spiro atoms. The number of ether oxygens (including phenoxy) is 2. The molecule has 3 aromatic rings. The van der Waals surface area contributed by atoms with Gasteiger partial charge in [-0.25, -0.2) is 4.68 Å². The lowest BCUT2D eigenvalue weighted by Gasteiger charge is -2.26. The minimum atomic E-state index is -0.357. The predicted octanol–water partition coefficient (Wildman–Crippen LogP) is 5.34. The van der Waals surface area contributed by atoms with Crippen LogP contribution >= 0.6 is 23.4 Å². The zero-order chi connectivity index (χ0) is 27.3. The van der Waals surface area contributed by atoms with Gasteiger partial charge in [-0.1, -0.05) is 50.6 Å². The average Bonchev–Trinajstić information content (AvgIpc) is 3.66. The number of thioether (sulfide) groups is 1. The van der Waals surface area contributed by atoms with Crippen LogP contribution in [0, 0.1) is 0 Å². The van der Waals surface area contributed by atoms with E-state index in [0.29, 0.717) is 28.0 Å². The Morgan fingerprint density at radius 2 is 1.85 bits per heavy atom. The van der Waals surface area contributed by atoms with Crippen molar-refractivity contribution in [1.29, 1.82) is 0 Å². The van der Waals surface area contributed by atoms with Crippen LogP contribution in [0.15, 0.2) is 42.5 Å². The number of fused-ring (bicyclic) bond motifs is 2. The van der Waals surface area contributed by atoms with Crippen molar-refractivity contribution < 1.29 is 19.1 Å². The van der Waals surface area contributed by atoms with Gasteiger partial charge >= 0.3 is 0 Å². The molecule has 0 radical (unpaired) electrons. The third-order valence-electron chi connectivity index (χ3n) is 7.33. The second-order valence-corrected chi connectivity index (χ2v) is 12.6. The van der Waals surface area contributed by atoms with E-state index in [1.165, 1.54) is 0 Å². The van der Waals surface area contributed by atoms with Crippen LogP contribution in [0.1, 0.15) is 55.7 Å². The second-order valence-electron chi connectivity index (χ2n) is 11.1. The van der Waals surface area contributed by atoms with Gasteiger partial charge in [-0.05, 0) is 42.7 Å². The maximum absolute atomic E-state index is 13.8. The van der Waals surface area contributed by atoms with E-state index in [2.05, 4.69) is 20.8 Å². The third kappa shape index (κ3) is 4.76. The van der Waals surface area contributed by atoms with Crippen LogP contribution < -0.4 is 14.4 Å². The molecular formula is C29H31ClN4O4S. The summed E-state index contributed by atoms with van der Waals surface area (Å²) in [5.41, 5.74) is 3.04. The molecule has 2 aromatic carbocycles. The normalized spacial score (nSPS) is 18.9. The maximum atomic E-state index is 13.8. The summed E-state index contributed by atoms with van der Waals surface area (Å²) >= 11 is 8.24. The van der Waals surface area contributed by atoms with Gasteiger partial charge in [-0.2, -0.15) is 5.10 Å². The van der Waals surface area contributed by atoms with Crippen molar-refractivity contribution in [2.45, 2.75) is 44.3 Å². The molecule has 3 aliphatic heterocycles. The number of hydrogen-bond acceptors (Lipinski definition) is 6. The van der Waals surface area contributed by atoms with E-state index >= 15 is 0 Å². The van der Waals surface area contributed by atoms with E-state index in [1.54, 1.807) is 21.3 Å². The summed E-state index contributed by atoms with van der Waals surface area (Å²) in [5.74, 6) is 2.01. The zero-order valence-electron chi connectivity index (χ0n) is 22.3. The number of anilines is 1. The first-order chi connectivity index (χ1) is 18.7. The monoisotopic (exact) mass is 566 g/mol. The molecule has 3 aliphatic rings. The Bertz CT molecular complexity index is 1440. The maximum Gasteiger partial charge on any atom is 0.242 e. The van der Waals surface area contributed by atoms with E-state index in [-0.39, 0.29) is 41.6 Å². The van der Waals surface area contributed by atoms with Crippen molar-refractivity contribution in [3.63, 3.8) is 0 Å². The van der Waals surface area contributed by atoms with Crippen molar-refractivity contribution in [2.75, 3.05) is 37.1 Å². The molecule has 1 saturated heterocycles. The van der Waals surface area contributed by atoms with Gasteiger partial charge in [0.15, 0.2) is 11.5 Å². The number of carbonyl (C=O) groups is 2. The van der Waals surface area contributed by atoms with Gasteiger partial charge in [0.25, 0.3) is 0 Å². The van der Waals surface area contributed by atoms with Crippen molar-refractivity contribution in [3.8, 4) is 17.2 Å². The number of halogens is 1. The van der Waals surface area contributed by atoms with Crippen LogP contribution in [0.25, 0.3) is 5.69 Å². The number of aromatic nitrogens is 2. The molecule has 0 unspecified atom stereocenters. The van der Waals surface area contributed by atoms with E-state index in [9.17, 15) is 9.59 Å². The molecular weight excluding hydrogens is 536 g/mol. The Labute approximate surface area is 237 Å². The summed E-state index contributed by atoms with van der Waals surface area (Å²) < 4.78 is 13.0. The summed E-state index contributed by atoms with van der Waals surface area (Å²) in [6, 6.07) is 13.4. The van der Waals surface area contributed by atoms with Crippen molar-refractivity contribution >= 4 is 41.0 Å². The van der Waals surface area contributed by atoms with E-state index in [1.807, 2.05) is 47.4 Å². The lowest BCUT2D eigenvalue weighted by Crippen LogP contribution is -2.43. The fourth-order valence-electron chi connectivity index (χ4n) is 5.41. The topological polar surface area (TPSA) is 76.9 Å². The molecule has 1 aromatic heterocycles. The minimum absolute atomic E-state index is 0.0417. The Morgan fingerprint density at radius 3 is 2.59 bits per heavy atom. The molecule has 204 valence electrons. The minimum Gasteiger partial charge on any atom is -0.454 e. The summed E-state index contributed by atoms with van der Waals surface area (Å²) in [6.07, 6.45) is 1.97. The first kappa shape index (κ1) is 26.1. The number of hydrogen-bond donors (Lipinski definition) is 0. The smallest absolute Gasteiger partial charge is 0.242 e. The summed E-state index contributed by atoms with van der Waals surface area (Å²) in [6.45, 7) is 7.92. The second kappa shape index (κ2) is 10.1. The van der Waals surface area contributed by atoms with Gasteiger partial charge in [0.05, 0.1) is 27.4 Å². The van der Waals surface area contributed by atoms with Crippen LogP contribution in [-0.2, 0) is 15.0 Å². The van der Waals surface area contributed by atoms with E-state index < -0.39 is 0 Å². The Kier molecular flexibility index (Phi) is 6.75. The van der Waals surface area contributed by atoms with Crippen LogP contribution in [0.2, 0.25) is 5.02 Å². The SMILES string of the molecule is CC(C)(C)c1nn(-c2ccccc2Cl)c2c1[C@H](c1ccc3c(c1)OCO3)SCC(=O)N2CC(=O)N1CCCC1. The molecule has 0 N–H and O–H groups in total. The molecule has 0 aliphatic carbocycles. The quantitative estimate of drug-likeness (QED) is 0.424. The summed E-state index contributed by atoms with van der Waals surface area (Å²) in [5, 5.41) is 5.40. The summed E-state index contributed by atoms with van der Waals surface area (Å²) in [7, 11) is 0. The molecule has 8 nitrogen and oxygen atoms in total. The standard InChI is InChI=1S/C29H31ClN4O4S/c1-29(2,3)27-25-26(18-10-11-21-22(14-18)38-17-37-21)39-16-24(36)33(15-23(35)32-12-6-7-13-32)28(25)34(31-27)20-9-5-4-8-19(20)30/h4-5,8-11,14,26H,6-7,12-13,15-17H2,1-3H3/t26-/m0/s1. The fraction of sp³-hybridized carbons (Fsp3) is 0.414. The molecule has 1 atom stereocenters. The first-order valence-corrected chi connectivity index (χ1v) is 14.6. The highest BCUT2D eigenvalue weighted by Crippen LogP contribution is 2.50. The molecule has 39 heavy (non-hydrogen) atoms. The Morgan fingerprint density at radius 1 is 1.10 bits per heavy atom. The van der Waals surface area contributed by atoms with Gasteiger partial charge < -0.3 is 14.4 Å². The number of carbonyl (C=O) groups excluding carboxylic acids is 2. The number of para-hydroxylation sites is 1. The first-order valence-electron chi connectivity index (χ1n) is 13.2. The van der Waals surface area contributed by atoms with E-state index in [4.69, 9.17) is 26.2 Å². The molecule has 2 amide bonds. The highest BCUT2D eigenvalue weighted by Gasteiger charge is 2.41. The third-order valence-corrected chi connectivity index (χ3v) is 8.91. The lowest BCUT2D eigenvalue weighted by molar-refractivity contribution is -0.130. The van der Waals surface area contributed by atoms with Crippen LogP contribution in [0.5, 0.6) is 11.5 Å². The Balaban J connectivity index is 1.58. The molecule has 4 heterocycles. The van der Waals surface area contributed by atoms with Gasteiger partial charge in [0, 0.05) is 24.1 Å². The molecule has 0 saturated carbocycles. The number of rotatable bonds is 4. The highest BCUT2D eigenvalue weighted by molar-refractivity contribution is 8.00. The molecule has 1 fully saturated rings. The van der Waals surface area contributed by atoms with Gasteiger partial charge in [0.1, 0.15) is 12.4 Å². The lowest BCUT2D eigenvalue weighted by atomic mass is 9.87. The van der Waals surface area contributed by atoms with Crippen LogP contribution in [0.3, 0.4) is 0 Å². The van der Waals surface area contributed by atoms with Crippen molar-refractivity contribution in [3.05, 3.63) is 64.3 Å². The molecule has 10 heteroatoms. The van der Waals surface area contributed by atoms with Crippen molar-refractivity contribution in [1.82, 2.24) is 14.7 Å². The van der Waals surface area contributed by atoms with Crippen LogP contribution in [0.4, 0.5) is 5.82 Å². The number of nitrogens with zero attached hydrogens (tertiary/aromatic N) is 4. The van der Waals surface area contributed by atoms with Gasteiger partial charge in [0.2, 0.25) is 18.6 Å². The highest BCUT2D eigenvalue weighted by atomic mass is 35.5. The predicted molar refractivity (Wildman–Crippen MR) is 152 cm³/mol. The average molecular weight is 567 g/mol. The fourth-order valence-corrected chi connectivity index (χ4v) is 6.81.